The smallest absolute Gasteiger partial charge is 0.238 e. The lowest BCUT2D eigenvalue weighted by atomic mass is 10.1. The molecular formula is C16H22N4O. The van der Waals surface area contributed by atoms with Gasteiger partial charge in [-0.3, -0.25) is 9.69 Å². The molecule has 1 aliphatic rings. The van der Waals surface area contributed by atoms with Crippen molar-refractivity contribution in [2.45, 2.75) is 18.9 Å². The number of rotatable bonds is 4. The van der Waals surface area contributed by atoms with Gasteiger partial charge >= 0.3 is 0 Å². The van der Waals surface area contributed by atoms with E-state index < -0.39 is 0 Å². The molecule has 112 valence electrons. The largest absolute Gasteiger partial charge is 0.324 e. The third-order valence-corrected chi connectivity index (χ3v) is 3.94. The van der Waals surface area contributed by atoms with Crippen molar-refractivity contribution in [3.8, 4) is 6.07 Å². The number of piperidine rings is 1. The number of para-hydroxylation sites is 1. The summed E-state index contributed by atoms with van der Waals surface area (Å²) in [5.41, 5.74) is 1.07. The molecule has 1 fully saturated rings. The van der Waals surface area contributed by atoms with Crippen LogP contribution in [-0.2, 0) is 4.79 Å². The molecule has 1 aromatic carbocycles. The van der Waals surface area contributed by atoms with Crippen molar-refractivity contribution >= 4 is 11.6 Å². The summed E-state index contributed by atoms with van der Waals surface area (Å²) >= 11 is 0. The molecule has 0 saturated carbocycles. The van der Waals surface area contributed by atoms with Crippen LogP contribution in [0.25, 0.3) is 0 Å². The van der Waals surface area contributed by atoms with Gasteiger partial charge in [0.2, 0.25) is 5.91 Å². The first-order valence-electron chi connectivity index (χ1n) is 7.28. The van der Waals surface area contributed by atoms with Crippen LogP contribution in [-0.4, -0.2) is 55.5 Å². The van der Waals surface area contributed by atoms with Crippen LogP contribution in [0.3, 0.4) is 0 Å². The van der Waals surface area contributed by atoms with Crippen molar-refractivity contribution in [3.63, 3.8) is 0 Å². The Bertz CT molecular complexity index is 537. The first-order chi connectivity index (χ1) is 10.1. The fourth-order valence-electron chi connectivity index (χ4n) is 2.73. The minimum absolute atomic E-state index is 0.0755. The summed E-state index contributed by atoms with van der Waals surface area (Å²) in [6.07, 6.45) is 2.30. The lowest BCUT2D eigenvalue weighted by molar-refractivity contribution is -0.117. The summed E-state index contributed by atoms with van der Waals surface area (Å²) in [5.74, 6) is -0.0755. The molecule has 1 heterocycles. The van der Waals surface area contributed by atoms with Crippen LogP contribution in [0.4, 0.5) is 5.69 Å². The summed E-state index contributed by atoms with van der Waals surface area (Å²) in [6.45, 7) is 2.48. The normalized spacial score (nSPS) is 19.2. The molecule has 1 aliphatic heterocycles. The van der Waals surface area contributed by atoms with Gasteiger partial charge in [0.05, 0.1) is 17.8 Å². The van der Waals surface area contributed by atoms with Gasteiger partial charge in [0.25, 0.3) is 0 Å². The van der Waals surface area contributed by atoms with E-state index in [1.807, 2.05) is 13.1 Å². The summed E-state index contributed by atoms with van der Waals surface area (Å²) in [6, 6.07) is 9.57. The van der Waals surface area contributed by atoms with Crippen LogP contribution < -0.4 is 5.32 Å². The van der Waals surface area contributed by atoms with E-state index in [9.17, 15) is 4.79 Å². The van der Waals surface area contributed by atoms with E-state index in [4.69, 9.17) is 5.26 Å². The zero-order valence-corrected chi connectivity index (χ0v) is 12.7. The number of hydrogen-bond donors (Lipinski definition) is 1. The number of amides is 1. The van der Waals surface area contributed by atoms with Crippen LogP contribution >= 0.6 is 0 Å². The molecule has 1 aromatic rings. The Hall–Kier alpha value is -1.90. The zero-order chi connectivity index (χ0) is 15.2. The average molecular weight is 286 g/mol. The van der Waals surface area contributed by atoms with Gasteiger partial charge in [0.15, 0.2) is 0 Å². The molecule has 1 N–H and O–H groups in total. The Morgan fingerprint density at radius 1 is 1.52 bits per heavy atom. The molecule has 1 amide bonds. The van der Waals surface area contributed by atoms with E-state index in [1.54, 1.807) is 18.2 Å². The Labute approximate surface area is 126 Å². The second-order valence-corrected chi connectivity index (χ2v) is 5.68. The van der Waals surface area contributed by atoms with E-state index in [0.29, 0.717) is 23.8 Å². The van der Waals surface area contributed by atoms with Crippen LogP contribution in [0.5, 0.6) is 0 Å². The number of likely N-dealkylation sites (tertiary alicyclic amines) is 1. The fourth-order valence-corrected chi connectivity index (χ4v) is 2.73. The van der Waals surface area contributed by atoms with E-state index in [1.165, 1.54) is 6.42 Å². The topological polar surface area (TPSA) is 59.4 Å². The first-order valence-corrected chi connectivity index (χ1v) is 7.28. The number of nitrogens with zero attached hydrogens (tertiary/aromatic N) is 3. The minimum Gasteiger partial charge on any atom is -0.324 e. The van der Waals surface area contributed by atoms with Gasteiger partial charge in [-0.25, -0.2) is 0 Å². The van der Waals surface area contributed by atoms with Crippen molar-refractivity contribution in [1.29, 1.82) is 5.26 Å². The number of hydrogen-bond acceptors (Lipinski definition) is 4. The number of anilines is 1. The number of carbonyl (C=O) groups is 1. The summed E-state index contributed by atoms with van der Waals surface area (Å²) < 4.78 is 0. The molecule has 21 heavy (non-hydrogen) atoms. The number of likely N-dealkylation sites (N-methyl/N-ethyl adjacent to an activating group) is 2. The molecule has 1 saturated heterocycles. The lowest BCUT2D eigenvalue weighted by Gasteiger charge is -2.35. The minimum atomic E-state index is -0.0755. The highest BCUT2D eigenvalue weighted by Crippen LogP contribution is 2.15. The van der Waals surface area contributed by atoms with Crippen LogP contribution in [0.1, 0.15) is 18.4 Å². The number of benzene rings is 1. The van der Waals surface area contributed by atoms with Crippen molar-refractivity contribution in [1.82, 2.24) is 9.80 Å². The molecule has 0 bridgehead atoms. The highest BCUT2D eigenvalue weighted by molar-refractivity contribution is 5.93. The van der Waals surface area contributed by atoms with E-state index in [0.717, 1.165) is 19.5 Å². The van der Waals surface area contributed by atoms with Crippen molar-refractivity contribution in [2.24, 2.45) is 0 Å². The van der Waals surface area contributed by atoms with Gasteiger partial charge in [0.1, 0.15) is 6.07 Å². The van der Waals surface area contributed by atoms with E-state index in [-0.39, 0.29) is 5.91 Å². The molecule has 2 rings (SSSR count). The quantitative estimate of drug-likeness (QED) is 0.912. The van der Waals surface area contributed by atoms with Crippen molar-refractivity contribution in [3.05, 3.63) is 29.8 Å². The maximum Gasteiger partial charge on any atom is 0.238 e. The molecule has 0 radical (unpaired) electrons. The maximum atomic E-state index is 12.1. The van der Waals surface area contributed by atoms with Gasteiger partial charge in [-0.1, -0.05) is 12.1 Å². The molecule has 1 unspecified atom stereocenters. The second kappa shape index (κ2) is 7.21. The molecule has 5 heteroatoms. The third-order valence-electron chi connectivity index (χ3n) is 3.94. The Morgan fingerprint density at radius 3 is 3.00 bits per heavy atom. The van der Waals surface area contributed by atoms with Gasteiger partial charge in [-0.05, 0) is 45.6 Å². The van der Waals surface area contributed by atoms with Gasteiger partial charge in [-0.2, -0.15) is 5.26 Å². The Kier molecular flexibility index (Phi) is 5.32. The molecule has 0 aliphatic carbocycles. The maximum absolute atomic E-state index is 12.1. The molecule has 5 nitrogen and oxygen atoms in total. The van der Waals surface area contributed by atoms with E-state index in [2.05, 4.69) is 28.2 Å². The Balaban J connectivity index is 1.91. The Morgan fingerprint density at radius 2 is 2.29 bits per heavy atom. The van der Waals surface area contributed by atoms with Gasteiger partial charge < -0.3 is 10.2 Å². The predicted molar refractivity (Wildman–Crippen MR) is 82.9 cm³/mol. The SMILES string of the molecule is CN1CCCC(N(C)CC(=O)Nc2ccccc2C#N)C1. The third kappa shape index (κ3) is 4.28. The van der Waals surface area contributed by atoms with Gasteiger partial charge in [0, 0.05) is 12.6 Å². The standard InChI is InChI=1S/C16H22N4O/c1-19-9-5-7-14(11-19)20(2)12-16(21)18-15-8-4-3-6-13(15)10-17/h3-4,6,8,14H,5,7,9,11-12H2,1-2H3,(H,18,21). The van der Waals surface area contributed by atoms with Gasteiger partial charge in [-0.15, -0.1) is 0 Å². The summed E-state index contributed by atoms with van der Waals surface area (Å²) in [7, 11) is 4.10. The number of nitriles is 1. The van der Waals surface area contributed by atoms with Crippen LogP contribution in [0, 0.1) is 11.3 Å². The molecule has 1 atom stereocenters. The monoisotopic (exact) mass is 286 g/mol. The first kappa shape index (κ1) is 15.5. The van der Waals surface area contributed by atoms with E-state index >= 15 is 0 Å². The number of carbonyl (C=O) groups excluding carboxylic acids is 1. The molecular weight excluding hydrogens is 264 g/mol. The number of nitrogens with one attached hydrogen (secondary N) is 1. The van der Waals surface area contributed by atoms with Crippen molar-refractivity contribution in [2.75, 3.05) is 39.0 Å². The summed E-state index contributed by atoms with van der Waals surface area (Å²) in [5, 5.41) is 11.9. The molecule has 0 aromatic heterocycles. The summed E-state index contributed by atoms with van der Waals surface area (Å²) in [4.78, 5) is 16.5. The molecule has 0 spiro atoms. The highest BCUT2D eigenvalue weighted by Gasteiger charge is 2.22. The zero-order valence-electron chi connectivity index (χ0n) is 12.7. The second-order valence-electron chi connectivity index (χ2n) is 5.68. The fraction of sp³-hybridized carbons (Fsp3) is 0.500. The lowest BCUT2D eigenvalue weighted by Crippen LogP contribution is -2.47. The van der Waals surface area contributed by atoms with Crippen LogP contribution in [0.15, 0.2) is 24.3 Å². The van der Waals surface area contributed by atoms with Crippen LogP contribution in [0.2, 0.25) is 0 Å². The van der Waals surface area contributed by atoms with Crippen molar-refractivity contribution < 1.29 is 4.79 Å². The average Bonchev–Trinajstić information content (AvgIpc) is 2.47. The predicted octanol–water partition coefficient (Wildman–Crippen LogP) is 1.52. The highest BCUT2D eigenvalue weighted by atomic mass is 16.2.